The Hall–Kier alpha value is -2.64. The number of carbonyl (C=O) groups excluding carboxylic acids is 2. The van der Waals surface area contributed by atoms with E-state index in [-0.39, 0.29) is 23.4 Å². The lowest BCUT2D eigenvalue weighted by molar-refractivity contribution is -0.126. The van der Waals surface area contributed by atoms with E-state index in [1.165, 1.54) is 18.2 Å². The van der Waals surface area contributed by atoms with Crippen molar-refractivity contribution in [3.63, 3.8) is 0 Å². The second-order valence-electron chi connectivity index (χ2n) is 7.20. The van der Waals surface area contributed by atoms with E-state index >= 15 is 0 Å². The third kappa shape index (κ3) is 5.29. The number of hydrogen-bond donors (Lipinski definition) is 1. The third-order valence-corrected chi connectivity index (χ3v) is 5.52. The predicted octanol–water partition coefficient (Wildman–Crippen LogP) is 2.95. The van der Waals surface area contributed by atoms with Crippen LogP contribution in [0.5, 0.6) is 5.75 Å². The summed E-state index contributed by atoms with van der Waals surface area (Å²) in [6.07, 6.45) is 0. The molecule has 6 nitrogen and oxygen atoms in total. The summed E-state index contributed by atoms with van der Waals surface area (Å²) < 4.78 is 19.2. The topological polar surface area (TPSA) is 61.9 Å². The summed E-state index contributed by atoms with van der Waals surface area (Å²) in [6.45, 7) is 4.14. The van der Waals surface area contributed by atoms with Gasteiger partial charge in [0.15, 0.2) is 0 Å². The summed E-state index contributed by atoms with van der Waals surface area (Å²) in [5, 5.41) is 3.26. The maximum absolute atomic E-state index is 14.0. The molecular weight excluding hydrogens is 409 g/mol. The summed E-state index contributed by atoms with van der Waals surface area (Å²) in [7, 11) is 1.60. The summed E-state index contributed by atoms with van der Waals surface area (Å²) in [4.78, 5) is 28.8. The van der Waals surface area contributed by atoms with Crippen molar-refractivity contribution < 1.29 is 18.7 Å². The second-order valence-corrected chi connectivity index (χ2v) is 7.63. The quantitative estimate of drug-likeness (QED) is 0.760. The number of nitrogens with zero attached hydrogens (tertiary/aromatic N) is 2. The fourth-order valence-electron chi connectivity index (χ4n) is 3.43. The zero-order valence-electron chi connectivity index (χ0n) is 17.0. The number of carbonyl (C=O) groups is 2. The summed E-state index contributed by atoms with van der Waals surface area (Å²) in [6, 6.07) is 11.2. The maximum Gasteiger partial charge on any atom is 0.256 e. The molecule has 0 spiro atoms. The van der Waals surface area contributed by atoms with Crippen molar-refractivity contribution >= 4 is 23.4 Å². The lowest BCUT2D eigenvalue weighted by atomic mass is 10.1. The van der Waals surface area contributed by atoms with Crippen molar-refractivity contribution in [2.75, 3.05) is 33.3 Å². The van der Waals surface area contributed by atoms with Gasteiger partial charge in [0.1, 0.15) is 11.6 Å². The zero-order valence-corrected chi connectivity index (χ0v) is 17.8. The highest BCUT2D eigenvalue weighted by atomic mass is 35.5. The van der Waals surface area contributed by atoms with Crippen LogP contribution in [-0.2, 0) is 11.3 Å². The first-order chi connectivity index (χ1) is 14.4. The van der Waals surface area contributed by atoms with Gasteiger partial charge in [0, 0.05) is 37.7 Å². The standard InChI is InChI=1S/C22H25ClFN3O3/c1-15(21(28)25-14-16-4-3-5-18(12-16)30-2)26-8-10-27(11-9-26)22(29)19-13-17(23)6-7-20(19)24/h3-7,12-13,15H,8-11,14H2,1-2H3,(H,25,28). The van der Waals surface area contributed by atoms with Gasteiger partial charge in [-0.3, -0.25) is 14.5 Å². The highest BCUT2D eigenvalue weighted by Crippen LogP contribution is 2.18. The first-order valence-corrected chi connectivity index (χ1v) is 10.2. The van der Waals surface area contributed by atoms with Gasteiger partial charge in [0.2, 0.25) is 5.91 Å². The molecule has 1 aliphatic rings. The molecule has 3 rings (SSSR count). The molecule has 0 aliphatic carbocycles. The van der Waals surface area contributed by atoms with Crippen molar-refractivity contribution in [2.24, 2.45) is 0 Å². The lowest BCUT2D eigenvalue weighted by Gasteiger charge is -2.37. The van der Waals surface area contributed by atoms with Gasteiger partial charge in [-0.05, 0) is 42.8 Å². The van der Waals surface area contributed by atoms with Crippen LogP contribution in [0.2, 0.25) is 5.02 Å². The van der Waals surface area contributed by atoms with E-state index in [4.69, 9.17) is 16.3 Å². The molecule has 160 valence electrons. The highest BCUT2D eigenvalue weighted by Gasteiger charge is 2.28. The number of hydrogen-bond acceptors (Lipinski definition) is 4. The number of piperazine rings is 1. The molecule has 0 radical (unpaired) electrons. The molecule has 1 aliphatic heterocycles. The largest absolute Gasteiger partial charge is 0.497 e. The molecule has 1 atom stereocenters. The lowest BCUT2D eigenvalue weighted by Crippen LogP contribution is -2.55. The third-order valence-electron chi connectivity index (χ3n) is 5.29. The molecule has 0 saturated carbocycles. The van der Waals surface area contributed by atoms with E-state index in [2.05, 4.69) is 5.32 Å². The van der Waals surface area contributed by atoms with Gasteiger partial charge in [-0.2, -0.15) is 0 Å². The van der Waals surface area contributed by atoms with Crippen LogP contribution in [0.1, 0.15) is 22.8 Å². The van der Waals surface area contributed by atoms with Gasteiger partial charge in [-0.1, -0.05) is 23.7 Å². The number of ether oxygens (including phenoxy) is 1. The minimum absolute atomic E-state index is 0.0277. The monoisotopic (exact) mass is 433 g/mol. The van der Waals surface area contributed by atoms with Crippen molar-refractivity contribution in [2.45, 2.75) is 19.5 Å². The molecule has 1 saturated heterocycles. The van der Waals surface area contributed by atoms with E-state index in [0.717, 1.165) is 11.3 Å². The Kier molecular flexibility index (Phi) is 7.29. The van der Waals surface area contributed by atoms with Crippen molar-refractivity contribution in [1.82, 2.24) is 15.1 Å². The fourth-order valence-corrected chi connectivity index (χ4v) is 3.60. The molecular formula is C22H25ClFN3O3. The Morgan fingerprint density at radius 2 is 1.90 bits per heavy atom. The van der Waals surface area contributed by atoms with Gasteiger partial charge < -0.3 is 15.0 Å². The maximum atomic E-state index is 14.0. The normalized spacial score (nSPS) is 15.5. The number of amides is 2. The molecule has 1 N–H and O–H groups in total. The molecule has 2 aromatic carbocycles. The summed E-state index contributed by atoms with van der Waals surface area (Å²) in [5.74, 6) is -0.313. The van der Waals surface area contributed by atoms with Gasteiger partial charge >= 0.3 is 0 Å². The van der Waals surface area contributed by atoms with Gasteiger partial charge in [0.25, 0.3) is 5.91 Å². The second kappa shape index (κ2) is 9.91. The Balaban J connectivity index is 1.51. The molecule has 2 aromatic rings. The molecule has 8 heteroatoms. The number of methoxy groups -OCH3 is 1. The number of halogens is 2. The van der Waals surface area contributed by atoms with E-state index in [9.17, 15) is 14.0 Å². The molecule has 0 bridgehead atoms. The predicted molar refractivity (Wildman–Crippen MR) is 113 cm³/mol. The van der Waals surface area contributed by atoms with Crippen LogP contribution in [-0.4, -0.2) is 60.9 Å². The van der Waals surface area contributed by atoms with Crippen molar-refractivity contribution in [1.29, 1.82) is 0 Å². The smallest absolute Gasteiger partial charge is 0.256 e. The minimum atomic E-state index is -0.586. The first-order valence-electron chi connectivity index (χ1n) is 9.78. The molecule has 1 heterocycles. The number of benzene rings is 2. The van der Waals surface area contributed by atoms with E-state index in [1.807, 2.05) is 36.1 Å². The van der Waals surface area contributed by atoms with Gasteiger partial charge in [-0.15, -0.1) is 0 Å². The van der Waals surface area contributed by atoms with Crippen LogP contribution >= 0.6 is 11.6 Å². The summed E-state index contributed by atoms with van der Waals surface area (Å²) >= 11 is 5.89. The Labute approximate surface area is 180 Å². The SMILES string of the molecule is COc1cccc(CNC(=O)C(C)N2CCN(C(=O)c3cc(Cl)ccc3F)CC2)c1. The zero-order chi connectivity index (χ0) is 21.7. The molecule has 1 fully saturated rings. The van der Waals surface area contributed by atoms with Crippen LogP contribution < -0.4 is 10.1 Å². The van der Waals surface area contributed by atoms with E-state index < -0.39 is 5.82 Å². The molecule has 2 amide bonds. The Morgan fingerprint density at radius 3 is 2.60 bits per heavy atom. The van der Waals surface area contributed by atoms with Gasteiger partial charge in [0.05, 0.1) is 18.7 Å². The van der Waals surface area contributed by atoms with Crippen LogP contribution in [0.4, 0.5) is 4.39 Å². The Morgan fingerprint density at radius 1 is 1.17 bits per heavy atom. The minimum Gasteiger partial charge on any atom is -0.497 e. The van der Waals surface area contributed by atoms with Crippen molar-refractivity contribution in [3.8, 4) is 5.75 Å². The number of nitrogens with one attached hydrogen (secondary N) is 1. The van der Waals surface area contributed by atoms with Crippen LogP contribution in [0.3, 0.4) is 0 Å². The molecule has 30 heavy (non-hydrogen) atoms. The summed E-state index contributed by atoms with van der Waals surface area (Å²) in [5.41, 5.74) is 0.925. The molecule has 1 unspecified atom stereocenters. The Bertz CT molecular complexity index is 916. The van der Waals surface area contributed by atoms with Crippen LogP contribution in [0.15, 0.2) is 42.5 Å². The van der Waals surface area contributed by atoms with Gasteiger partial charge in [-0.25, -0.2) is 4.39 Å². The number of rotatable bonds is 6. The highest BCUT2D eigenvalue weighted by molar-refractivity contribution is 6.31. The van der Waals surface area contributed by atoms with Crippen molar-refractivity contribution in [3.05, 3.63) is 64.4 Å². The van der Waals surface area contributed by atoms with E-state index in [1.54, 1.807) is 12.0 Å². The molecule has 0 aromatic heterocycles. The van der Waals surface area contributed by atoms with Crippen LogP contribution in [0.25, 0.3) is 0 Å². The first kappa shape index (κ1) is 22.1. The fraction of sp³-hybridized carbons (Fsp3) is 0.364. The average Bonchev–Trinajstić information content (AvgIpc) is 2.78. The van der Waals surface area contributed by atoms with Crippen LogP contribution in [0, 0.1) is 5.82 Å². The average molecular weight is 434 g/mol. The van der Waals surface area contributed by atoms with E-state index in [0.29, 0.717) is 37.7 Å².